The molecule has 0 saturated carbocycles. The Morgan fingerprint density at radius 2 is 1.91 bits per heavy atom. The summed E-state index contributed by atoms with van der Waals surface area (Å²) in [6, 6.07) is 11.6. The molecule has 0 unspecified atom stereocenters. The summed E-state index contributed by atoms with van der Waals surface area (Å²) < 4.78 is 5.28. The van der Waals surface area contributed by atoms with Crippen LogP contribution in [0.25, 0.3) is 11.4 Å². The van der Waals surface area contributed by atoms with E-state index in [4.69, 9.17) is 16.1 Å². The summed E-state index contributed by atoms with van der Waals surface area (Å²) in [7, 11) is 0. The number of rotatable bonds is 6. The third kappa shape index (κ3) is 3.87. The molecular weight excluding hydrogens is 318 g/mol. The molecular formula is C16H14ClN3OS. The topological polar surface area (TPSA) is 51.8 Å². The summed E-state index contributed by atoms with van der Waals surface area (Å²) in [6.07, 6.45) is 5.14. The first-order valence-electron chi connectivity index (χ1n) is 6.93. The van der Waals surface area contributed by atoms with E-state index < -0.39 is 0 Å². The van der Waals surface area contributed by atoms with Gasteiger partial charge in [-0.1, -0.05) is 28.9 Å². The molecule has 3 rings (SSSR count). The Morgan fingerprint density at radius 1 is 1.09 bits per heavy atom. The van der Waals surface area contributed by atoms with Crippen LogP contribution in [0.1, 0.15) is 12.3 Å². The number of aryl methyl sites for hydroxylation is 1. The standard InChI is InChI=1S/C16H14ClN3OS/c17-13-4-1-2-5-14(13)22-11-3-6-15-19-16(20-21-15)12-7-9-18-10-8-12/h1-2,4-5,7-10H,3,6,11H2. The molecule has 1 aromatic carbocycles. The Hall–Kier alpha value is -1.85. The van der Waals surface area contributed by atoms with Crippen molar-refractivity contribution < 1.29 is 4.52 Å². The fraction of sp³-hybridized carbons (Fsp3) is 0.188. The second-order valence-electron chi connectivity index (χ2n) is 4.63. The highest BCUT2D eigenvalue weighted by Gasteiger charge is 2.08. The van der Waals surface area contributed by atoms with Gasteiger partial charge in [-0.15, -0.1) is 11.8 Å². The largest absolute Gasteiger partial charge is 0.339 e. The van der Waals surface area contributed by atoms with Crippen LogP contribution in [0.15, 0.2) is 58.2 Å². The molecule has 3 aromatic rings. The van der Waals surface area contributed by atoms with E-state index >= 15 is 0 Å². The van der Waals surface area contributed by atoms with Crippen molar-refractivity contribution in [2.24, 2.45) is 0 Å². The smallest absolute Gasteiger partial charge is 0.226 e. The summed E-state index contributed by atoms with van der Waals surface area (Å²) in [6.45, 7) is 0. The molecule has 0 N–H and O–H groups in total. The van der Waals surface area contributed by atoms with Crippen molar-refractivity contribution >= 4 is 23.4 Å². The molecule has 0 saturated heterocycles. The maximum atomic E-state index is 6.12. The van der Waals surface area contributed by atoms with Gasteiger partial charge in [0.1, 0.15) is 0 Å². The Labute approximate surface area is 137 Å². The van der Waals surface area contributed by atoms with Gasteiger partial charge in [0.05, 0.1) is 5.02 Å². The van der Waals surface area contributed by atoms with E-state index in [0.717, 1.165) is 34.1 Å². The summed E-state index contributed by atoms with van der Waals surface area (Å²) in [5, 5.41) is 4.79. The van der Waals surface area contributed by atoms with Crippen LogP contribution >= 0.6 is 23.4 Å². The molecule has 0 amide bonds. The molecule has 112 valence electrons. The highest BCUT2D eigenvalue weighted by Crippen LogP contribution is 2.27. The predicted octanol–water partition coefficient (Wildman–Crippen LogP) is 4.51. The van der Waals surface area contributed by atoms with Crippen molar-refractivity contribution in [3.8, 4) is 11.4 Å². The minimum absolute atomic E-state index is 0.608. The Bertz CT molecular complexity index is 733. The lowest BCUT2D eigenvalue weighted by Crippen LogP contribution is -1.89. The van der Waals surface area contributed by atoms with Gasteiger partial charge in [-0.05, 0) is 36.4 Å². The summed E-state index contributed by atoms with van der Waals surface area (Å²) in [5.74, 6) is 2.22. The van der Waals surface area contributed by atoms with Gasteiger partial charge in [-0.25, -0.2) is 0 Å². The number of halogens is 1. The molecule has 0 aliphatic rings. The van der Waals surface area contributed by atoms with Crippen LogP contribution in [0.5, 0.6) is 0 Å². The summed E-state index contributed by atoms with van der Waals surface area (Å²) in [4.78, 5) is 9.48. The van der Waals surface area contributed by atoms with E-state index in [-0.39, 0.29) is 0 Å². The first-order valence-corrected chi connectivity index (χ1v) is 8.29. The van der Waals surface area contributed by atoms with Crippen LogP contribution in [0, 0.1) is 0 Å². The average Bonchev–Trinajstić information content (AvgIpc) is 3.03. The van der Waals surface area contributed by atoms with Gasteiger partial charge in [0.15, 0.2) is 0 Å². The predicted molar refractivity (Wildman–Crippen MR) is 88.0 cm³/mol. The minimum atomic E-state index is 0.608. The van der Waals surface area contributed by atoms with Gasteiger partial charge in [0.2, 0.25) is 11.7 Å². The third-order valence-electron chi connectivity index (χ3n) is 3.04. The lowest BCUT2D eigenvalue weighted by atomic mass is 10.2. The Morgan fingerprint density at radius 3 is 2.73 bits per heavy atom. The fourth-order valence-corrected chi connectivity index (χ4v) is 3.13. The second kappa shape index (κ2) is 7.42. The van der Waals surface area contributed by atoms with Crippen molar-refractivity contribution in [2.45, 2.75) is 17.7 Å². The van der Waals surface area contributed by atoms with Gasteiger partial charge in [0, 0.05) is 29.3 Å². The van der Waals surface area contributed by atoms with Crippen molar-refractivity contribution in [3.05, 3.63) is 59.7 Å². The number of nitrogens with zero attached hydrogens (tertiary/aromatic N) is 3. The van der Waals surface area contributed by atoms with Crippen LogP contribution < -0.4 is 0 Å². The summed E-state index contributed by atoms with van der Waals surface area (Å²) in [5.41, 5.74) is 0.912. The quantitative estimate of drug-likeness (QED) is 0.491. The molecule has 2 heterocycles. The molecule has 0 radical (unpaired) electrons. The van der Waals surface area contributed by atoms with Gasteiger partial charge in [-0.3, -0.25) is 4.98 Å². The molecule has 0 fully saturated rings. The lowest BCUT2D eigenvalue weighted by molar-refractivity contribution is 0.378. The van der Waals surface area contributed by atoms with Crippen LogP contribution in [0.4, 0.5) is 0 Å². The highest BCUT2D eigenvalue weighted by molar-refractivity contribution is 7.99. The van der Waals surface area contributed by atoms with Crippen LogP contribution in [0.3, 0.4) is 0 Å². The minimum Gasteiger partial charge on any atom is -0.339 e. The Balaban J connectivity index is 1.51. The maximum Gasteiger partial charge on any atom is 0.226 e. The van der Waals surface area contributed by atoms with Crippen molar-refractivity contribution in [1.82, 2.24) is 15.1 Å². The number of pyridine rings is 1. The number of hydrogen-bond donors (Lipinski definition) is 0. The molecule has 22 heavy (non-hydrogen) atoms. The molecule has 4 nitrogen and oxygen atoms in total. The number of aromatic nitrogens is 3. The Kier molecular flexibility index (Phi) is 5.08. The number of benzene rings is 1. The molecule has 0 aliphatic heterocycles. The monoisotopic (exact) mass is 331 g/mol. The summed E-state index contributed by atoms with van der Waals surface area (Å²) >= 11 is 7.86. The normalized spacial score (nSPS) is 10.8. The highest BCUT2D eigenvalue weighted by atomic mass is 35.5. The first kappa shape index (κ1) is 15.1. The molecule has 6 heteroatoms. The molecule has 0 spiro atoms. The number of thioether (sulfide) groups is 1. The molecule has 0 atom stereocenters. The van der Waals surface area contributed by atoms with Gasteiger partial charge in [0.25, 0.3) is 0 Å². The molecule has 0 bridgehead atoms. The van der Waals surface area contributed by atoms with Gasteiger partial charge in [-0.2, -0.15) is 4.98 Å². The zero-order valence-electron chi connectivity index (χ0n) is 11.8. The van der Waals surface area contributed by atoms with Gasteiger partial charge >= 0.3 is 0 Å². The van der Waals surface area contributed by atoms with Crippen LogP contribution in [-0.4, -0.2) is 20.9 Å². The second-order valence-corrected chi connectivity index (χ2v) is 6.17. The van der Waals surface area contributed by atoms with E-state index in [1.807, 2.05) is 36.4 Å². The van der Waals surface area contributed by atoms with E-state index in [1.165, 1.54) is 0 Å². The maximum absolute atomic E-state index is 6.12. The van der Waals surface area contributed by atoms with E-state index in [2.05, 4.69) is 15.1 Å². The fourth-order valence-electron chi connectivity index (χ4n) is 1.94. The van der Waals surface area contributed by atoms with Gasteiger partial charge < -0.3 is 4.52 Å². The SMILES string of the molecule is Clc1ccccc1SCCCc1nc(-c2ccncc2)no1. The zero-order chi connectivity index (χ0) is 15.2. The third-order valence-corrected chi connectivity index (χ3v) is 4.64. The van der Waals surface area contributed by atoms with Crippen molar-refractivity contribution in [1.29, 1.82) is 0 Å². The van der Waals surface area contributed by atoms with Crippen molar-refractivity contribution in [3.63, 3.8) is 0 Å². The van der Waals surface area contributed by atoms with Crippen LogP contribution in [0.2, 0.25) is 5.02 Å². The van der Waals surface area contributed by atoms with E-state index in [9.17, 15) is 0 Å². The van der Waals surface area contributed by atoms with E-state index in [1.54, 1.807) is 24.2 Å². The van der Waals surface area contributed by atoms with Crippen LogP contribution in [-0.2, 0) is 6.42 Å². The van der Waals surface area contributed by atoms with E-state index in [0.29, 0.717) is 11.7 Å². The lowest BCUT2D eigenvalue weighted by Gasteiger charge is -2.02. The number of hydrogen-bond acceptors (Lipinski definition) is 5. The zero-order valence-corrected chi connectivity index (χ0v) is 13.3. The average molecular weight is 332 g/mol. The molecule has 0 aliphatic carbocycles. The van der Waals surface area contributed by atoms with Crippen molar-refractivity contribution in [2.75, 3.05) is 5.75 Å². The molecule has 2 aromatic heterocycles. The first-order chi connectivity index (χ1) is 10.8.